The molecule has 0 aliphatic rings. The molecule has 0 bridgehead atoms. The fourth-order valence-electron chi connectivity index (χ4n) is 0.727. The minimum absolute atomic E-state index is 0. The van der Waals surface area contributed by atoms with Crippen molar-refractivity contribution in [1.29, 1.82) is 0 Å². The molecule has 1 unspecified atom stereocenters. The molecule has 0 aromatic heterocycles. The van der Waals surface area contributed by atoms with Gasteiger partial charge in [-0.1, -0.05) is 18.2 Å². The van der Waals surface area contributed by atoms with E-state index >= 15 is 0 Å². The molecule has 10 nitrogen and oxygen atoms in total. The Hall–Kier alpha value is 0.390. The van der Waals surface area contributed by atoms with Crippen LogP contribution in [0.5, 0.6) is 0 Å². The van der Waals surface area contributed by atoms with Gasteiger partial charge in [0.25, 0.3) is 17.9 Å². The Balaban J connectivity index is 0. The molecule has 0 aliphatic heterocycles. The number of rotatable bonds is 3. The summed E-state index contributed by atoms with van der Waals surface area (Å²) in [5.41, 5.74) is 0. The van der Waals surface area contributed by atoms with Crippen LogP contribution < -0.4 is 34.5 Å². The standard InChI is InChI=1S/C6H6O3S.Na.H4O7P2/c7-10(8,9)6-4-2-1-3-5-6;;1-8(2,3)7-9(4,5)6/h1-5H,(H,7,8,9);;(H2,1,2,3)(H2,4,5,6)/q;+1;/p-1. The molecule has 20 heavy (non-hydrogen) atoms. The van der Waals surface area contributed by atoms with E-state index in [0.29, 0.717) is 0 Å². The van der Waals surface area contributed by atoms with Gasteiger partial charge in [-0.25, -0.2) is 8.88 Å². The minimum Gasteiger partial charge on any atom is -0.756 e. The first-order chi connectivity index (χ1) is 8.31. The van der Waals surface area contributed by atoms with Crippen LogP contribution in [0.25, 0.3) is 0 Å². The number of benzene rings is 1. The van der Waals surface area contributed by atoms with Gasteiger partial charge in [0.15, 0.2) is 0 Å². The normalized spacial score (nSPS) is 14.2. The SMILES string of the molecule is O=P([O-])(O)OP(=O)(O)O.O=S(=O)(O)c1ccccc1.[Na+]. The Bertz CT molecular complexity index is 569. The average molecular weight is 358 g/mol. The summed E-state index contributed by atoms with van der Waals surface area (Å²) >= 11 is 0. The van der Waals surface area contributed by atoms with Gasteiger partial charge in [-0.05, 0) is 12.1 Å². The van der Waals surface area contributed by atoms with E-state index in [2.05, 4.69) is 4.31 Å². The van der Waals surface area contributed by atoms with Gasteiger partial charge in [-0.2, -0.15) is 8.42 Å². The van der Waals surface area contributed by atoms with Gasteiger partial charge in [-0.3, -0.25) is 9.12 Å². The van der Waals surface area contributed by atoms with Crippen molar-refractivity contribution < 1.29 is 75.5 Å². The predicted octanol–water partition coefficient (Wildman–Crippen LogP) is -3.51. The number of hydrogen-bond donors (Lipinski definition) is 4. The maximum absolute atomic E-state index is 10.4. The summed E-state index contributed by atoms with van der Waals surface area (Å²) in [6, 6.07) is 7.42. The van der Waals surface area contributed by atoms with Crippen LogP contribution in [0.3, 0.4) is 0 Å². The monoisotopic (exact) mass is 358 g/mol. The second kappa shape index (κ2) is 8.74. The maximum atomic E-state index is 10.4. The quantitative estimate of drug-likeness (QED) is 0.240. The molecule has 1 atom stereocenters. The Kier molecular flexibility index (Phi) is 9.91. The number of phosphoric acid groups is 2. The summed E-state index contributed by atoms with van der Waals surface area (Å²) in [6.07, 6.45) is 0. The largest absolute Gasteiger partial charge is 1.00 e. The Labute approximate surface area is 136 Å². The first-order valence-corrected chi connectivity index (χ1v) is 8.61. The molecule has 1 rings (SSSR count). The van der Waals surface area contributed by atoms with Crippen molar-refractivity contribution in [2.24, 2.45) is 0 Å². The van der Waals surface area contributed by atoms with Crippen molar-refractivity contribution in [3.63, 3.8) is 0 Å². The van der Waals surface area contributed by atoms with Crippen LogP contribution in [0.2, 0.25) is 0 Å². The van der Waals surface area contributed by atoms with Crippen LogP contribution in [0.15, 0.2) is 35.2 Å². The van der Waals surface area contributed by atoms with Crippen molar-refractivity contribution in [3.8, 4) is 0 Å². The molecule has 0 fully saturated rings. The molecule has 0 saturated carbocycles. The third-order valence-corrected chi connectivity index (χ3v) is 3.79. The zero-order chi connectivity index (χ0) is 15.3. The molecule has 14 heteroatoms. The van der Waals surface area contributed by atoms with Crippen molar-refractivity contribution in [3.05, 3.63) is 30.3 Å². The molecule has 4 N–H and O–H groups in total. The predicted molar refractivity (Wildman–Crippen MR) is 59.2 cm³/mol. The molecule has 0 radical (unpaired) electrons. The zero-order valence-electron chi connectivity index (χ0n) is 9.93. The Morgan fingerprint density at radius 2 is 1.45 bits per heavy atom. The van der Waals surface area contributed by atoms with Crippen LogP contribution in [-0.2, 0) is 23.6 Å². The van der Waals surface area contributed by atoms with Gasteiger partial charge in [0.2, 0.25) is 0 Å². The molecule has 1 aromatic carbocycles. The molecular formula is C6H9NaO10P2S. The molecule has 0 amide bonds. The fourth-order valence-corrected chi connectivity index (χ4v) is 2.30. The zero-order valence-corrected chi connectivity index (χ0v) is 14.5. The van der Waals surface area contributed by atoms with Crippen LogP contribution in [-0.4, -0.2) is 27.7 Å². The average Bonchev–Trinajstić information content (AvgIpc) is 2.12. The Morgan fingerprint density at radius 1 is 1.05 bits per heavy atom. The molecule has 0 heterocycles. The van der Waals surface area contributed by atoms with Crippen molar-refractivity contribution in [2.45, 2.75) is 4.90 Å². The topological polar surface area (TPSA) is 181 Å². The second-order valence-electron chi connectivity index (χ2n) is 2.83. The van der Waals surface area contributed by atoms with Crippen LogP contribution in [0.4, 0.5) is 0 Å². The van der Waals surface area contributed by atoms with Crippen molar-refractivity contribution >= 4 is 25.8 Å². The van der Waals surface area contributed by atoms with Crippen molar-refractivity contribution in [2.75, 3.05) is 0 Å². The third kappa shape index (κ3) is 13.4. The van der Waals surface area contributed by atoms with E-state index in [1.807, 2.05) is 0 Å². The molecule has 110 valence electrons. The van der Waals surface area contributed by atoms with Crippen LogP contribution >= 0.6 is 15.6 Å². The van der Waals surface area contributed by atoms with Gasteiger partial charge in [0.05, 0.1) is 4.90 Å². The molecule has 1 aromatic rings. The Morgan fingerprint density at radius 3 is 1.60 bits per heavy atom. The minimum atomic E-state index is -5.30. The van der Waals surface area contributed by atoms with Gasteiger partial charge in [0, 0.05) is 0 Å². The van der Waals surface area contributed by atoms with Gasteiger partial charge >= 0.3 is 37.4 Å². The summed E-state index contributed by atoms with van der Waals surface area (Å²) in [4.78, 5) is 32.5. The number of hydrogen-bond acceptors (Lipinski definition) is 6. The summed E-state index contributed by atoms with van der Waals surface area (Å²) in [5, 5.41) is 0. The second-order valence-corrected chi connectivity index (χ2v) is 6.82. The first kappa shape index (κ1) is 22.7. The summed E-state index contributed by atoms with van der Waals surface area (Å²) in [5.74, 6) is 0. The molecule has 0 aliphatic carbocycles. The summed E-state index contributed by atoms with van der Waals surface area (Å²) in [7, 11) is -14.4. The van der Waals surface area contributed by atoms with Gasteiger partial charge in [0.1, 0.15) is 0 Å². The smallest absolute Gasteiger partial charge is 0.756 e. The summed E-state index contributed by atoms with van der Waals surface area (Å²) in [6.45, 7) is 0. The van der Waals surface area contributed by atoms with E-state index in [9.17, 15) is 22.4 Å². The van der Waals surface area contributed by atoms with E-state index in [0.717, 1.165) is 0 Å². The molecular weight excluding hydrogens is 349 g/mol. The molecule has 0 spiro atoms. The first-order valence-electron chi connectivity index (χ1n) is 4.14. The van der Waals surface area contributed by atoms with Crippen LogP contribution in [0.1, 0.15) is 0 Å². The van der Waals surface area contributed by atoms with Crippen molar-refractivity contribution in [1.82, 2.24) is 0 Å². The molecule has 0 saturated heterocycles. The van der Waals surface area contributed by atoms with E-state index in [4.69, 9.17) is 19.2 Å². The summed E-state index contributed by atoms with van der Waals surface area (Å²) < 4.78 is 51.2. The van der Waals surface area contributed by atoms with Gasteiger partial charge < -0.3 is 19.6 Å². The fraction of sp³-hybridized carbons (Fsp3) is 0. The van der Waals surface area contributed by atoms with E-state index < -0.39 is 25.8 Å². The van der Waals surface area contributed by atoms with E-state index in [1.54, 1.807) is 18.2 Å². The van der Waals surface area contributed by atoms with Gasteiger partial charge in [-0.15, -0.1) is 0 Å². The van der Waals surface area contributed by atoms with E-state index in [-0.39, 0.29) is 34.5 Å². The van der Waals surface area contributed by atoms with Crippen LogP contribution in [0, 0.1) is 0 Å². The maximum Gasteiger partial charge on any atom is 1.00 e. The van der Waals surface area contributed by atoms with E-state index in [1.165, 1.54) is 12.1 Å². The third-order valence-electron chi connectivity index (χ3n) is 1.25.